The topological polar surface area (TPSA) is 102 Å². The molecule has 1 aromatic heterocycles. The maximum absolute atomic E-state index is 14.1. The normalized spacial score (nSPS) is 10.4. The van der Waals surface area contributed by atoms with Gasteiger partial charge in [0.25, 0.3) is 11.8 Å². The number of amides is 2. The number of nitrogens with zero attached hydrogens (tertiary/aromatic N) is 2. The van der Waals surface area contributed by atoms with Crippen LogP contribution in [0.4, 0.5) is 4.39 Å². The molecule has 2 N–H and O–H groups in total. The van der Waals surface area contributed by atoms with Crippen molar-refractivity contribution in [1.82, 2.24) is 20.6 Å². The lowest BCUT2D eigenvalue weighted by atomic mass is 10.2. The fourth-order valence-electron chi connectivity index (χ4n) is 2.69. The second-order valence-electron chi connectivity index (χ2n) is 6.23. The van der Waals surface area contributed by atoms with Gasteiger partial charge >= 0.3 is 0 Å². The lowest BCUT2D eigenvalue weighted by molar-refractivity contribution is 0.0842. The summed E-state index contributed by atoms with van der Waals surface area (Å²) < 4.78 is 20.6. The largest absolute Gasteiger partial charge is 0.494 e. The van der Waals surface area contributed by atoms with E-state index in [9.17, 15) is 18.8 Å². The number of rotatable bonds is 5. The number of hydrazine groups is 1. The van der Waals surface area contributed by atoms with E-state index in [2.05, 4.69) is 16.0 Å². The number of aromatic nitrogens is 2. The van der Waals surface area contributed by atoms with Crippen molar-refractivity contribution in [3.8, 4) is 11.4 Å². The Kier molecular flexibility index (Phi) is 6.21. The quantitative estimate of drug-likeness (QED) is 0.628. The summed E-state index contributed by atoms with van der Waals surface area (Å²) in [4.78, 5) is 36.8. The molecule has 2 aromatic carbocycles. The molecule has 0 atom stereocenters. The molecule has 0 fully saturated rings. The third-order valence-corrected chi connectivity index (χ3v) is 4.12. The van der Waals surface area contributed by atoms with Crippen molar-refractivity contribution in [2.45, 2.75) is 13.8 Å². The van der Waals surface area contributed by atoms with Crippen LogP contribution < -0.4 is 21.0 Å². The summed E-state index contributed by atoms with van der Waals surface area (Å²) in [5, 5.41) is 3.97. The van der Waals surface area contributed by atoms with Crippen molar-refractivity contribution in [2.24, 2.45) is 0 Å². The van der Waals surface area contributed by atoms with Crippen molar-refractivity contribution in [1.29, 1.82) is 0 Å². The first-order chi connectivity index (χ1) is 14.4. The number of hydrogen-bond donors (Lipinski definition) is 2. The van der Waals surface area contributed by atoms with Crippen LogP contribution in [-0.2, 0) is 0 Å². The zero-order valence-corrected chi connectivity index (χ0v) is 16.3. The number of carbonyl (C=O) groups excluding carboxylic acids is 2. The van der Waals surface area contributed by atoms with Gasteiger partial charge in [0.1, 0.15) is 17.3 Å². The SMILES string of the molecule is CCOc1ccc(C(=O)NNC(=O)c2nn(-c3ccccc3F)c(C)cc2=O)cc1. The van der Waals surface area contributed by atoms with Crippen LogP contribution in [0.5, 0.6) is 5.75 Å². The molecule has 2 amide bonds. The molecule has 0 bridgehead atoms. The van der Waals surface area contributed by atoms with Crippen LogP contribution in [0.15, 0.2) is 59.4 Å². The van der Waals surface area contributed by atoms with Gasteiger partial charge in [0.2, 0.25) is 5.43 Å². The molecule has 154 valence electrons. The minimum absolute atomic E-state index is 0.0856. The molecule has 3 rings (SSSR count). The average molecular weight is 410 g/mol. The second kappa shape index (κ2) is 8.99. The molecule has 1 heterocycles. The van der Waals surface area contributed by atoms with Crippen LogP contribution in [0.1, 0.15) is 33.5 Å². The van der Waals surface area contributed by atoms with Crippen molar-refractivity contribution >= 4 is 11.8 Å². The fourth-order valence-corrected chi connectivity index (χ4v) is 2.69. The molecule has 0 radical (unpaired) electrons. The lowest BCUT2D eigenvalue weighted by Crippen LogP contribution is -2.44. The third kappa shape index (κ3) is 4.52. The predicted molar refractivity (Wildman–Crippen MR) is 107 cm³/mol. The van der Waals surface area contributed by atoms with Crippen molar-refractivity contribution in [2.75, 3.05) is 6.61 Å². The van der Waals surface area contributed by atoms with Crippen LogP contribution in [0.25, 0.3) is 5.69 Å². The van der Waals surface area contributed by atoms with Crippen molar-refractivity contribution in [3.05, 3.63) is 87.6 Å². The highest BCUT2D eigenvalue weighted by atomic mass is 19.1. The van der Waals surface area contributed by atoms with Crippen LogP contribution in [0.2, 0.25) is 0 Å². The van der Waals surface area contributed by atoms with E-state index >= 15 is 0 Å². The van der Waals surface area contributed by atoms with Gasteiger partial charge in [-0.25, -0.2) is 9.07 Å². The Balaban J connectivity index is 1.77. The van der Waals surface area contributed by atoms with E-state index in [1.165, 1.54) is 36.4 Å². The summed E-state index contributed by atoms with van der Waals surface area (Å²) in [6.45, 7) is 3.90. The number of aryl methyl sites for hydroxylation is 1. The van der Waals surface area contributed by atoms with E-state index in [-0.39, 0.29) is 11.3 Å². The number of ether oxygens (including phenoxy) is 1. The number of halogens is 1. The highest BCUT2D eigenvalue weighted by Gasteiger charge is 2.17. The van der Waals surface area contributed by atoms with E-state index in [0.29, 0.717) is 18.1 Å². The van der Waals surface area contributed by atoms with Gasteiger partial charge in [-0.2, -0.15) is 5.10 Å². The molecule has 30 heavy (non-hydrogen) atoms. The number of para-hydroxylation sites is 1. The summed E-state index contributed by atoms with van der Waals surface area (Å²) >= 11 is 0. The molecule has 9 heteroatoms. The standard InChI is InChI=1S/C21H19FN4O4/c1-3-30-15-10-8-14(9-11-15)20(28)23-24-21(29)19-18(27)12-13(2)26(25-19)17-7-5-4-6-16(17)22/h4-12H,3H2,1-2H3,(H,23,28)(H,24,29). The first kappa shape index (κ1) is 20.7. The molecular formula is C21H19FN4O4. The monoisotopic (exact) mass is 410 g/mol. The van der Waals surface area contributed by atoms with Crippen molar-refractivity contribution in [3.63, 3.8) is 0 Å². The van der Waals surface area contributed by atoms with Crippen molar-refractivity contribution < 1.29 is 18.7 Å². The number of carbonyl (C=O) groups is 2. The molecule has 0 unspecified atom stereocenters. The van der Waals surface area contributed by atoms with Gasteiger partial charge in [0, 0.05) is 17.3 Å². The van der Waals surface area contributed by atoms with Crippen LogP contribution in [0, 0.1) is 12.7 Å². The van der Waals surface area contributed by atoms with Gasteiger partial charge in [0.15, 0.2) is 5.69 Å². The number of benzene rings is 2. The summed E-state index contributed by atoms with van der Waals surface area (Å²) in [6, 6.07) is 13.3. The van der Waals surface area contributed by atoms with E-state index in [1.807, 2.05) is 6.92 Å². The minimum atomic E-state index is -0.927. The minimum Gasteiger partial charge on any atom is -0.494 e. The van der Waals surface area contributed by atoms with Crippen LogP contribution >= 0.6 is 0 Å². The third-order valence-electron chi connectivity index (χ3n) is 4.12. The maximum Gasteiger partial charge on any atom is 0.294 e. The smallest absolute Gasteiger partial charge is 0.294 e. The molecule has 3 aromatic rings. The maximum atomic E-state index is 14.1. The predicted octanol–water partition coefficient (Wildman–Crippen LogP) is 2.15. The van der Waals surface area contributed by atoms with E-state index in [4.69, 9.17) is 4.74 Å². The summed E-state index contributed by atoms with van der Waals surface area (Å²) in [5.41, 5.74) is 3.93. The van der Waals surface area contributed by atoms with Gasteiger partial charge < -0.3 is 4.74 Å². The molecule has 0 aliphatic heterocycles. The molecule has 0 saturated heterocycles. The van der Waals surface area contributed by atoms with E-state index in [1.54, 1.807) is 25.1 Å². The van der Waals surface area contributed by atoms with E-state index in [0.717, 1.165) is 4.68 Å². The lowest BCUT2D eigenvalue weighted by Gasteiger charge is -2.12. The Morgan fingerprint density at radius 3 is 2.40 bits per heavy atom. The summed E-state index contributed by atoms with van der Waals surface area (Å²) in [7, 11) is 0. The summed E-state index contributed by atoms with van der Waals surface area (Å²) in [6.07, 6.45) is 0. The van der Waals surface area contributed by atoms with E-state index < -0.39 is 28.8 Å². The molecule has 8 nitrogen and oxygen atoms in total. The Morgan fingerprint density at radius 2 is 1.73 bits per heavy atom. The molecule has 0 spiro atoms. The highest BCUT2D eigenvalue weighted by molar-refractivity contribution is 5.98. The zero-order valence-electron chi connectivity index (χ0n) is 16.3. The highest BCUT2D eigenvalue weighted by Crippen LogP contribution is 2.13. The Morgan fingerprint density at radius 1 is 1.07 bits per heavy atom. The Hall–Kier alpha value is -4.01. The van der Waals surface area contributed by atoms with Gasteiger partial charge in [-0.15, -0.1) is 0 Å². The molecule has 0 aliphatic carbocycles. The van der Waals surface area contributed by atoms with Crippen LogP contribution in [-0.4, -0.2) is 28.2 Å². The molecular weight excluding hydrogens is 391 g/mol. The average Bonchev–Trinajstić information content (AvgIpc) is 2.73. The van der Waals surface area contributed by atoms with Gasteiger partial charge in [-0.05, 0) is 50.2 Å². The second-order valence-corrected chi connectivity index (χ2v) is 6.23. The van der Waals surface area contributed by atoms with Gasteiger partial charge in [-0.3, -0.25) is 25.2 Å². The number of nitrogens with one attached hydrogen (secondary N) is 2. The first-order valence-electron chi connectivity index (χ1n) is 9.10. The molecule has 0 saturated carbocycles. The molecule has 0 aliphatic rings. The Labute approximate surface area is 171 Å². The van der Waals surface area contributed by atoms with Gasteiger partial charge in [0.05, 0.1) is 6.61 Å². The number of hydrogen-bond acceptors (Lipinski definition) is 5. The first-order valence-corrected chi connectivity index (χ1v) is 9.10. The van der Waals surface area contributed by atoms with Gasteiger partial charge in [-0.1, -0.05) is 12.1 Å². The zero-order chi connectivity index (χ0) is 21.7. The fraction of sp³-hybridized carbons (Fsp3) is 0.143. The summed E-state index contributed by atoms with van der Waals surface area (Å²) in [5.74, 6) is -1.47. The van der Waals surface area contributed by atoms with Crippen LogP contribution in [0.3, 0.4) is 0 Å². The Bertz CT molecular complexity index is 1140.